The molecule has 3 aliphatic carbocycles. The Hall–Kier alpha value is -3.90. The van der Waals surface area contributed by atoms with Gasteiger partial charge in [0.2, 0.25) is 11.7 Å². The number of primary amides is 1. The van der Waals surface area contributed by atoms with Gasteiger partial charge in [-0.1, -0.05) is 20.8 Å². The number of rotatable bonds is 6. The van der Waals surface area contributed by atoms with Gasteiger partial charge in [0.15, 0.2) is 11.4 Å². The molecule has 0 bridgehead atoms. The molecule has 4 atom stereocenters. The molecule has 12 heteroatoms. The van der Waals surface area contributed by atoms with Crippen LogP contribution in [0.4, 0.5) is 11.4 Å². The molecule has 2 amide bonds. The first-order chi connectivity index (χ1) is 19.3. The number of nitrogens with two attached hydrogens (primary N) is 1. The van der Waals surface area contributed by atoms with Crippen molar-refractivity contribution in [1.29, 1.82) is 0 Å². The van der Waals surface area contributed by atoms with E-state index in [1.807, 2.05) is 20.8 Å². The second-order valence-electron chi connectivity index (χ2n) is 13.1. The fourth-order valence-electron chi connectivity index (χ4n) is 6.49. The summed E-state index contributed by atoms with van der Waals surface area (Å²) < 4.78 is 0. The smallest absolute Gasteiger partial charge is 0.255 e. The minimum Gasteiger partial charge on any atom is -0.508 e. The molecule has 1 fully saturated rings. The zero-order chi connectivity index (χ0) is 31.6. The first-order valence-corrected chi connectivity index (χ1v) is 13.8. The van der Waals surface area contributed by atoms with Crippen LogP contribution in [0.25, 0.3) is 5.76 Å². The molecule has 4 rings (SSSR count). The third kappa shape index (κ3) is 4.82. The Morgan fingerprint density at radius 3 is 2.26 bits per heavy atom. The molecule has 0 aromatic heterocycles. The number of hydrogen-bond donors (Lipinski definition) is 6. The van der Waals surface area contributed by atoms with E-state index in [1.54, 1.807) is 39.2 Å². The zero-order valence-electron chi connectivity index (χ0n) is 25.0. The molecule has 228 valence electrons. The van der Waals surface area contributed by atoms with Gasteiger partial charge in [-0.2, -0.15) is 0 Å². The van der Waals surface area contributed by atoms with Crippen LogP contribution in [0, 0.1) is 17.3 Å². The predicted octanol–water partition coefficient (Wildman–Crippen LogP) is 1.79. The summed E-state index contributed by atoms with van der Waals surface area (Å²) in [5.41, 5.74) is 2.49. The first kappa shape index (κ1) is 31.0. The summed E-state index contributed by atoms with van der Waals surface area (Å²) in [6, 6.07) is 0.443. The van der Waals surface area contributed by atoms with Gasteiger partial charge in [0.25, 0.3) is 5.91 Å². The van der Waals surface area contributed by atoms with Gasteiger partial charge in [0.05, 0.1) is 17.3 Å². The molecule has 0 aliphatic heterocycles. The summed E-state index contributed by atoms with van der Waals surface area (Å²) in [4.78, 5) is 55.4. The van der Waals surface area contributed by atoms with Gasteiger partial charge in [-0.05, 0) is 56.3 Å². The summed E-state index contributed by atoms with van der Waals surface area (Å²) in [5, 5.41) is 48.4. The highest BCUT2D eigenvalue weighted by Crippen LogP contribution is 2.54. The maximum Gasteiger partial charge on any atom is 0.255 e. The van der Waals surface area contributed by atoms with Crippen molar-refractivity contribution in [2.75, 3.05) is 38.4 Å². The molecule has 0 radical (unpaired) electrons. The Bertz CT molecular complexity index is 1450. The fraction of sp³-hybridized carbons (Fsp3) is 0.533. The molecule has 7 N–H and O–H groups in total. The van der Waals surface area contributed by atoms with E-state index >= 15 is 0 Å². The number of ketones is 2. The van der Waals surface area contributed by atoms with E-state index < -0.39 is 63.8 Å². The van der Waals surface area contributed by atoms with Crippen LogP contribution in [0.3, 0.4) is 0 Å². The van der Waals surface area contributed by atoms with Gasteiger partial charge in [0.1, 0.15) is 22.8 Å². The van der Waals surface area contributed by atoms with Gasteiger partial charge in [-0.15, -0.1) is 0 Å². The van der Waals surface area contributed by atoms with E-state index in [1.165, 1.54) is 4.90 Å². The molecule has 0 spiro atoms. The number of aromatic hydroxyl groups is 1. The van der Waals surface area contributed by atoms with Gasteiger partial charge < -0.3 is 36.4 Å². The lowest BCUT2D eigenvalue weighted by Crippen LogP contribution is -2.65. The number of nitrogens with one attached hydrogen (secondary N) is 1. The van der Waals surface area contributed by atoms with E-state index in [2.05, 4.69) is 5.32 Å². The number of benzene rings is 1. The number of anilines is 2. The topological polar surface area (TPSA) is 194 Å². The number of hydrogen-bond acceptors (Lipinski definition) is 10. The summed E-state index contributed by atoms with van der Waals surface area (Å²) in [6.45, 7) is 6.01. The van der Waals surface area contributed by atoms with Crippen LogP contribution < -0.4 is 16.0 Å². The monoisotopic (exact) mass is 584 g/mol. The summed E-state index contributed by atoms with van der Waals surface area (Å²) in [5.74, 6) is -7.59. The molecule has 0 saturated heterocycles. The molecule has 1 aromatic carbocycles. The van der Waals surface area contributed by atoms with Crippen molar-refractivity contribution in [3.63, 3.8) is 0 Å². The molecular weight excluding hydrogens is 544 g/mol. The van der Waals surface area contributed by atoms with Crippen LogP contribution in [0.5, 0.6) is 5.75 Å². The van der Waals surface area contributed by atoms with Crippen molar-refractivity contribution < 1.29 is 39.6 Å². The molecule has 42 heavy (non-hydrogen) atoms. The average molecular weight is 585 g/mol. The Balaban J connectivity index is 1.89. The largest absolute Gasteiger partial charge is 0.508 e. The maximum atomic E-state index is 14.1. The third-order valence-corrected chi connectivity index (χ3v) is 8.56. The van der Waals surface area contributed by atoms with Crippen molar-refractivity contribution in [1.82, 2.24) is 4.90 Å². The van der Waals surface area contributed by atoms with Crippen LogP contribution in [-0.2, 0) is 25.6 Å². The standard InChI is InChI=1S/C30H40N4O8/c1-29(2,3)9-8-18(35)32-16-12-17(33(4)5)14-10-13-11-15-22(34(6)7)25(38)21(28(31)41)27(40)30(15,42)26(39)19(13)24(37)20(14)23(16)36/h12-13,15,22,36-37,40,42H,8-11H2,1-7H3,(H2,31,41)(H,32,35)/t13?,15-,22-,30-/m0/s1. The van der Waals surface area contributed by atoms with Gasteiger partial charge >= 0.3 is 0 Å². The average Bonchev–Trinajstić information content (AvgIpc) is 2.85. The summed E-state index contributed by atoms with van der Waals surface area (Å²) in [6.07, 6.45) is 0.925. The molecule has 12 nitrogen and oxygen atoms in total. The Kier molecular flexibility index (Phi) is 7.71. The van der Waals surface area contributed by atoms with Crippen LogP contribution in [0.1, 0.15) is 51.2 Å². The van der Waals surface area contributed by atoms with Crippen molar-refractivity contribution in [2.45, 2.75) is 58.1 Å². The second-order valence-corrected chi connectivity index (χ2v) is 13.1. The minimum absolute atomic E-state index is 0.00924. The number of carbonyl (C=O) groups excluding carboxylic acids is 4. The quantitative estimate of drug-likeness (QED) is 0.212. The molecule has 1 aromatic rings. The van der Waals surface area contributed by atoms with E-state index in [4.69, 9.17) is 5.73 Å². The molecular formula is C30H40N4O8. The second kappa shape index (κ2) is 10.4. The number of likely N-dealkylation sites (N-methyl/N-ethyl adjacent to an activating group) is 1. The Morgan fingerprint density at radius 1 is 1.12 bits per heavy atom. The fourth-order valence-corrected chi connectivity index (χ4v) is 6.49. The first-order valence-electron chi connectivity index (χ1n) is 13.8. The summed E-state index contributed by atoms with van der Waals surface area (Å²) >= 11 is 0. The predicted molar refractivity (Wildman–Crippen MR) is 156 cm³/mol. The third-order valence-electron chi connectivity index (χ3n) is 8.56. The van der Waals surface area contributed by atoms with Crippen molar-refractivity contribution >= 4 is 40.5 Å². The van der Waals surface area contributed by atoms with Gasteiger partial charge in [-0.25, -0.2) is 0 Å². The molecule has 1 saturated carbocycles. The molecule has 1 unspecified atom stereocenters. The number of amides is 2. The number of phenolic OH excluding ortho intramolecular Hbond substituents is 1. The lowest BCUT2D eigenvalue weighted by atomic mass is 9.57. The number of Topliss-reactive ketones (excluding diaryl/α,β-unsaturated/α-hetero) is 2. The van der Waals surface area contributed by atoms with Crippen LogP contribution >= 0.6 is 0 Å². The lowest BCUT2D eigenvalue weighted by Gasteiger charge is -2.50. The van der Waals surface area contributed by atoms with Crippen LogP contribution in [0.2, 0.25) is 0 Å². The number of phenols is 1. The maximum absolute atomic E-state index is 14.1. The highest BCUT2D eigenvalue weighted by Gasteiger charge is 2.64. The van der Waals surface area contributed by atoms with Gasteiger partial charge in [0, 0.05) is 37.7 Å². The van der Waals surface area contributed by atoms with Crippen molar-refractivity contribution in [2.24, 2.45) is 23.0 Å². The number of aliphatic hydroxyl groups excluding tert-OH is 2. The Labute approximate surface area is 244 Å². The van der Waals surface area contributed by atoms with E-state index in [0.29, 0.717) is 17.7 Å². The summed E-state index contributed by atoms with van der Waals surface area (Å²) in [7, 11) is 6.61. The lowest BCUT2D eigenvalue weighted by molar-refractivity contribution is -0.153. The number of carbonyl (C=O) groups is 4. The van der Waals surface area contributed by atoms with Gasteiger partial charge in [-0.3, -0.25) is 24.1 Å². The number of nitrogens with zero attached hydrogens (tertiary/aromatic N) is 2. The van der Waals surface area contributed by atoms with E-state index in [9.17, 15) is 39.6 Å². The van der Waals surface area contributed by atoms with E-state index in [-0.39, 0.29) is 47.4 Å². The number of fused-ring (bicyclic) bond motifs is 3. The molecule has 0 heterocycles. The van der Waals surface area contributed by atoms with Crippen molar-refractivity contribution in [3.8, 4) is 5.75 Å². The van der Waals surface area contributed by atoms with Crippen LogP contribution in [-0.4, -0.2) is 88.5 Å². The Morgan fingerprint density at radius 2 is 1.74 bits per heavy atom. The minimum atomic E-state index is -2.72. The SMILES string of the molecule is CN(C)c1cc(NC(=O)CCC(C)(C)C)c(O)c2c1CC1C[C@H]3[C@H](N(C)C)C(=O)C(C(N)=O)=C(O)[C@@]3(O)C(=O)C1=C2O. The van der Waals surface area contributed by atoms with E-state index in [0.717, 1.165) is 0 Å². The normalized spacial score (nSPS) is 25.7. The molecule has 3 aliphatic rings. The highest BCUT2D eigenvalue weighted by atomic mass is 16.3. The zero-order valence-corrected chi connectivity index (χ0v) is 25.0. The van der Waals surface area contributed by atoms with Crippen molar-refractivity contribution in [3.05, 3.63) is 34.1 Å². The van der Waals surface area contributed by atoms with Crippen LogP contribution in [0.15, 0.2) is 23.0 Å². The highest BCUT2D eigenvalue weighted by molar-refractivity contribution is 6.24. The number of aliphatic hydroxyl groups is 3.